The zero-order valence-corrected chi connectivity index (χ0v) is 6.60. The van der Waals surface area contributed by atoms with Crippen LogP contribution in [0.2, 0.25) is 0 Å². The van der Waals surface area contributed by atoms with Gasteiger partial charge in [0.25, 0.3) is 0 Å². The van der Waals surface area contributed by atoms with Crippen molar-refractivity contribution >= 4 is 0 Å². The van der Waals surface area contributed by atoms with E-state index in [0.29, 0.717) is 12.2 Å². The highest BCUT2D eigenvalue weighted by Crippen LogP contribution is 2.29. The fourth-order valence-corrected chi connectivity index (χ4v) is 1.32. The van der Waals surface area contributed by atoms with E-state index in [2.05, 4.69) is 0 Å². The zero-order chi connectivity index (χ0) is 8.44. The van der Waals surface area contributed by atoms with Crippen LogP contribution in [0.15, 0.2) is 47.1 Å². The van der Waals surface area contributed by atoms with Crippen molar-refractivity contribution in [1.29, 1.82) is 0 Å². The summed E-state index contributed by atoms with van der Waals surface area (Å²) in [6.45, 7) is 0. The Hall–Kier alpha value is -1.28. The van der Waals surface area contributed by atoms with Crippen LogP contribution in [-0.4, -0.2) is 5.11 Å². The number of furan rings is 1. The fourth-order valence-electron chi connectivity index (χ4n) is 1.32. The summed E-state index contributed by atoms with van der Waals surface area (Å²) in [7, 11) is 0. The van der Waals surface area contributed by atoms with E-state index in [-0.39, 0.29) is 0 Å². The number of hydrogen-bond acceptors (Lipinski definition) is 2. The molecule has 1 N–H and O–H groups in total. The topological polar surface area (TPSA) is 33.4 Å². The molecule has 0 radical (unpaired) electrons. The van der Waals surface area contributed by atoms with Gasteiger partial charge in [-0.05, 0) is 18.2 Å². The highest BCUT2D eigenvalue weighted by molar-refractivity contribution is 5.25. The average Bonchev–Trinajstić information content (AvgIpc) is 2.58. The van der Waals surface area contributed by atoms with Gasteiger partial charge in [-0.25, -0.2) is 0 Å². The molecule has 12 heavy (non-hydrogen) atoms. The SMILES string of the molecule is OC1(c2ccco2)C=CC=CC1. The Labute approximate surface area is 70.8 Å². The minimum atomic E-state index is -0.932. The van der Waals surface area contributed by atoms with Crippen molar-refractivity contribution in [2.75, 3.05) is 0 Å². The lowest BCUT2D eigenvalue weighted by atomic mass is 9.93. The maximum absolute atomic E-state index is 10.00. The van der Waals surface area contributed by atoms with Gasteiger partial charge in [0.05, 0.1) is 6.26 Å². The van der Waals surface area contributed by atoms with E-state index >= 15 is 0 Å². The maximum Gasteiger partial charge on any atom is 0.144 e. The van der Waals surface area contributed by atoms with Crippen LogP contribution in [0.4, 0.5) is 0 Å². The molecule has 1 aromatic rings. The van der Waals surface area contributed by atoms with Gasteiger partial charge in [0.2, 0.25) is 0 Å². The largest absolute Gasteiger partial charge is 0.466 e. The summed E-state index contributed by atoms with van der Waals surface area (Å²) in [5.41, 5.74) is -0.932. The summed E-state index contributed by atoms with van der Waals surface area (Å²) in [5.74, 6) is 0.600. The molecular weight excluding hydrogens is 152 g/mol. The van der Waals surface area contributed by atoms with Crippen molar-refractivity contribution in [2.24, 2.45) is 0 Å². The summed E-state index contributed by atoms with van der Waals surface area (Å²) < 4.78 is 5.14. The van der Waals surface area contributed by atoms with Gasteiger partial charge in [0, 0.05) is 6.42 Å². The first-order chi connectivity index (χ1) is 5.81. The van der Waals surface area contributed by atoms with E-state index in [4.69, 9.17) is 4.42 Å². The Morgan fingerprint density at radius 1 is 1.42 bits per heavy atom. The van der Waals surface area contributed by atoms with E-state index in [1.54, 1.807) is 24.5 Å². The van der Waals surface area contributed by atoms with Crippen LogP contribution in [0.5, 0.6) is 0 Å². The van der Waals surface area contributed by atoms with Crippen LogP contribution in [0, 0.1) is 0 Å². The van der Waals surface area contributed by atoms with Gasteiger partial charge < -0.3 is 9.52 Å². The second-order valence-electron chi connectivity index (χ2n) is 2.89. The Kier molecular flexibility index (Phi) is 1.62. The molecule has 0 amide bonds. The van der Waals surface area contributed by atoms with Crippen LogP contribution in [0.25, 0.3) is 0 Å². The van der Waals surface area contributed by atoms with Crippen molar-refractivity contribution in [3.8, 4) is 0 Å². The molecular formula is C10H10O2. The molecule has 0 aliphatic heterocycles. The molecule has 1 aliphatic rings. The lowest BCUT2D eigenvalue weighted by Gasteiger charge is -2.21. The van der Waals surface area contributed by atoms with Crippen LogP contribution < -0.4 is 0 Å². The lowest BCUT2D eigenvalue weighted by Crippen LogP contribution is -2.22. The quantitative estimate of drug-likeness (QED) is 0.685. The molecule has 1 aromatic heterocycles. The third-order valence-electron chi connectivity index (χ3n) is 2.00. The molecule has 0 aromatic carbocycles. The first kappa shape index (κ1) is 7.37. The first-order valence-electron chi connectivity index (χ1n) is 3.92. The van der Waals surface area contributed by atoms with Crippen molar-refractivity contribution in [3.05, 3.63) is 48.5 Å². The minimum absolute atomic E-state index is 0.580. The van der Waals surface area contributed by atoms with Gasteiger partial charge in [-0.2, -0.15) is 0 Å². The molecule has 1 aliphatic carbocycles. The molecule has 2 nitrogen and oxygen atoms in total. The highest BCUT2D eigenvalue weighted by Gasteiger charge is 2.28. The monoisotopic (exact) mass is 162 g/mol. The number of hydrogen-bond donors (Lipinski definition) is 1. The second kappa shape index (κ2) is 2.64. The Morgan fingerprint density at radius 2 is 2.33 bits per heavy atom. The lowest BCUT2D eigenvalue weighted by molar-refractivity contribution is 0.0669. The molecule has 0 spiro atoms. The molecule has 0 fully saturated rings. The third-order valence-corrected chi connectivity index (χ3v) is 2.00. The summed E-state index contributed by atoms with van der Waals surface area (Å²) in [6, 6.07) is 3.56. The Balaban J connectivity index is 2.34. The second-order valence-corrected chi connectivity index (χ2v) is 2.89. The van der Waals surface area contributed by atoms with Crippen molar-refractivity contribution in [3.63, 3.8) is 0 Å². The van der Waals surface area contributed by atoms with Crippen molar-refractivity contribution in [1.82, 2.24) is 0 Å². The molecule has 2 rings (SSSR count). The van der Waals surface area contributed by atoms with Crippen LogP contribution in [0.3, 0.4) is 0 Å². The molecule has 62 valence electrons. The molecule has 0 saturated carbocycles. The van der Waals surface area contributed by atoms with Crippen LogP contribution in [-0.2, 0) is 5.60 Å². The first-order valence-corrected chi connectivity index (χ1v) is 3.92. The fraction of sp³-hybridized carbons (Fsp3) is 0.200. The third kappa shape index (κ3) is 1.10. The number of allylic oxidation sites excluding steroid dienone is 2. The highest BCUT2D eigenvalue weighted by atomic mass is 16.4. The smallest absolute Gasteiger partial charge is 0.144 e. The van der Waals surface area contributed by atoms with Crippen molar-refractivity contribution in [2.45, 2.75) is 12.0 Å². The Bertz CT molecular complexity index is 309. The summed E-state index contributed by atoms with van der Waals surface area (Å²) in [5, 5.41) is 10.00. The van der Waals surface area contributed by atoms with E-state index in [1.165, 1.54) is 0 Å². The van der Waals surface area contributed by atoms with Gasteiger partial charge in [0.1, 0.15) is 11.4 Å². The zero-order valence-electron chi connectivity index (χ0n) is 6.60. The van der Waals surface area contributed by atoms with Crippen LogP contribution >= 0.6 is 0 Å². The molecule has 1 unspecified atom stereocenters. The van der Waals surface area contributed by atoms with Gasteiger partial charge in [-0.1, -0.05) is 18.2 Å². The molecule has 0 saturated heterocycles. The standard InChI is InChI=1S/C10H10O2/c11-10(6-2-1-3-7-10)9-5-4-8-12-9/h1-6,8,11H,7H2. The summed E-state index contributed by atoms with van der Waals surface area (Å²) in [6.07, 6.45) is 9.55. The van der Waals surface area contributed by atoms with E-state index in [9.17, 15) is 5.11 Å². The average molecular weight is 162 g/mol. The van der Waals surface area contributed by atoms with E-state index in [0.717, 1.165) is 0 Å². The van der Waals surface area contributed by atoms with Crippen molar-refractivity contribution < 1.29 is 9.52 Å². The maximum atomic E-state index is 10.00. The predicted molar refractivity (Wildman–Crippen MR) is 45.5 cm³/mol. The molecule has 2 heteroatoms. The van der Waals surface area contributed by atoms with Crippen LogP contribution in [0.1, 0.15) is 12.2 Å². The summed E-state index contributed by atoms with van der Waals surface area (Å²) >= 11 is 0. The normalized spacial score (nSPS) is 27.8. The summed E-state index contributed by atoms with van der Waals surface area (Å²) in [4.78, 5) is 0. The molecule has 1 heterocycles. The number of aliphatic hydroxyl groups is 1. The van der Waals surface area contributed by atoms with E-state index < -0.39 is 5.60 Å². The minimum Gasteiger partial charge on any atom is -0.466 e. The Morgan fingerprint density at radius 3 is 2.92 bits per heavy atom. The molecule has 0 bridgehead atoms. The molecule has 1 atom stereocenters. The van der Waals surface area contributed by atoms with Gasteiger partial charge >= 0.3 is 0 Å². The van der Waals surface area contributed by atoms with Gasteiger partial charge in [-0.15, -0.1) is 0 Å². The predicted octanol–water partition coefficient (Wildman–Crippen LogP) is 1.98. The van der Waals surface area contributed by atoms with E-state index in [1.807, 2.05) is 18.2 Å². The van der Waals surface area contributed by atoms with Gasteiger partial charge in [-0.3, -0.25) is 0 Å². The van der Waals surface area contributed by atoms with Gasteiger partial charge in [0.15, 0.2) is 0 Å². The number of rotatable bonds is 1.